The van der Waals surface area contributed by atoms with Gasteiger partial charge < -0.3 is 29.0 Å². The lowest BCUT2D eigenvalue weighted by Crippen LogP contribution is -2.47. The normalized spacial score (nSPS) is 24.5. The van der Waals surface area contributed by atoms with Crippen LogP contribution in [-0.2, 0) is 20.8 Å². The van der Waals surface area contributed by atoms with E-state index in [-0.39, 0.29) is 55.2 Å². The van der Waals surface area contributed by atoms with E-state index in [1.807, 2.05) is 137 Å². The van der Waals surface area contributed by atoms with Gasteiger partial charge in [0.1, 0.15) is 41.5 Å². The van der Waals surface area contributed by atoms with Crippen LogP contribution in [-0.4, -0.2) is 107 Å². The van der Waals surface area contributed by atoms with E-state index in [1.54, 1.807) is 9.80 Å². The molecule has 290 valence electrons. The Balaban J connectivity index is 0.000000197. The van der Waals surface area contributed by atoms with E-state index in [4.69, 9.17) is 23.7 Å². The first-order chi connectivity index (χ1) is 25.8. The van der Waals surface area contributed by atoms with E-state index in [9.17, 15) is 14.4 Å². The molecule has 4 heterocycles. The second kappa shape index (κ2) is 16.6. The van der Waals surface area contributed by atoms with Crippen LogP contribution in [0.1, 0.15) is 59.9 Å². The van der Waals surface area contributed by atoms with Gasteiger partial charge in [-0.1, -0.05) is 66.7 Å². The average molecular weight is 743 g/mol. The summed E-state index contributed by atoms with van der Waals surface area (Å²) in [5.74, 6) is 1.54. The fourth-order valence-corrected chi connectivity index (χ4v) is 7.55. The molecule has 54 heavy (non-hydrogen) atoms. The Kier molecular flexibility index (Phi) is 11.9. The number of hydrogen-bond donors (Lipinski definition) is 1. The predicted molar refractivity (Wildman–Crippen MR) is 203 cm³/mol. The highest BCUT2D eigenvalue weighted by Gasteiger charge is 2.54. The maximum absolute atomic E-state index is 13.0. The second-order valence-corrected chi connectivity index (χ2v) is 16.1. The number of likely N-dealkylation sites (tertiary alicyclic amines) is 3. The molecule has 6 atom stereocenters. The van der Waals surface area contributed by atoms with Crippen LogP contribution in [0.5, 0.6) is 11.5 Å². The molecule has 4 fully saturated rings. The lowest BCUT2D eigenvalue weighted by atomic mass is 10.1. The molecule has 3 amide bonds. The number of amides is 3. The third kappa shape index (κ3) is 9.76. The van der Waals surface area contributed by atoms with Gasteiger partial charge in [0.2, 0.25) is 0 Å². The Bertz CT molecular complexity index is 1700. The Hall–Kier alpha value is -4.97. The van der Waals surface area contributed by atoms with Gasteiger partial charge >= 0.3 is 18.3 Å². The zero-order valence-corrected chi connectivity index (χ0v) is 32.2. The predicted octanol–water partition coefficient (Wildman–Crippen LogP) is 6.88. The van der Waals surface area contributed by atoms with Gasteiger partial charge in [-0.25, -0.2) is 14.4 Å². The van der Waals surface area contributed by atoms with E-state index in [0.29, 0.717) is 31.8 Å². The number of para-hydroxylation sites is 2. The maximum atomic E-state index is 13.0. The second-order valence-electron chi connectivity index (χ2n) is 16.1. The van der Waals surface area contributed by atoms with Crippen molar-refractivity contribution in [2.75, 3.05) is 26.2 Å². The summed E-state index contributed by atoms with van der Waals surface area (Å²) < 4.78 is 29.1. The van der Waals surface area contributed by atoms with Crippen molar-refractivity contribution in [1.29, 1.82) is 0 Å². The molecule has 1 N–H and O–H groups in total. The summed E-state index contributed by atoms with van der Waals surface area (Å²) in [4.78, 5) is 43.5. The summed E-state index contributed by atoms with van der Waals surface area (Å²) in [7, 11) is 0. The summed E-state index contributed by atoms with van der Waals surface area (Å²) in [6.07, 6.45) is 0.159. The molecule has 3 aromatic carbocycles. The highest BCUT2D eigenvalue weighted by atomic mass is 16.6. The van der Waals surface area contributed by atoms with Crippen molar-refractivity contribution < 1.29 is 38.1 Å². The highest BCUT2D eigenvalue weighted by molar-refractivity contribution is 5.72. The van der Waals surface area contributed by atoms with E-state index in [1.165, 1.54) is 0 Å². The van der Waals surface area contributed by atoms with Crippen LogP contribution >= 0.6 is 0 Å². The molecule has 0 unspecified atom stereocenters. The molecule has 0 aliphatic carbocycles. The molecule has 7 rings (SSSR count). The number of nitrogens with zero attached hydrogens (tertiary/aromatic N) is 3. The molecule has 0 saturated carbocycles. The van der Waals surface area contributed by atoms with Gasteiger partial charge in [-0.05, 0) is 90.8 Å². The number of fused-ring (bicyclic) bond motifs is 2. The van der Waals surface area contributed by atoms with Crippen molar-refractivity contribution in [3.05, 3.63) is 96.6 Å². The van der Waals surface area contributed by atoms with Gasteiger partial charge in [0.25, 0.3) is 0 Å². The van der Waals surface area contributed by atoms with Gasteiger partial charge in [-0.2, -0.15) is 0 Å². The third-order valence-corrected chi connectivity index (χ3v) is 9.75. The number of benzene rings is 3. The molecular formula is C42H54N4O8. The first kappa shape index (κ1) is 38.7. The summed E-state index contributed by atoms with van der Waals surface area (Å²) in [5, 5.41) is 3.46. The summed E-state index contributed by atoms with van der Waals surface area (Å²) in [5.41, 5.74) is -0.148. The van der Waals surface area contributed by atoms with E-state index in [2.05, 4.69) is 5.32 Å². The van der Waals surface area contributed by atoms with Gasteiger partial charge in [0.15, 0.2) is 0 Å². The largest absolute Gasteiger partial charge is 0.487 e. The van der Waals surface area contributed by atoms with Crippen LogP contribution in [0, 0.1) is 0 Å². The van der Waals surface area contributed by atoms with Gasteiger partial charge in [-0.15, -0.1) is 0 Å². The SMILES string of the molecule is CC(C)(C)OC(=O)N1C[C@H](Oc2ccccc2)[C@@H]2[C@H]1CCN2C(=O)OCc1ccccc1.CC(C)(C)OC(=O)N1C[C@H](Oc2ccccc2)[C@H]2NCC[C@H]21. The van der Waals surface area contributed by atoms with Crippen molar-refractivity contribution >= 4 is 18.3 Å². The smallest absolute Gasteiger partial charge is 0.410 e. The molecule has 0 aromatic heterocycles. The lowest BCUT2D eigenvalue weighted by molar-refractivity contribution is 0.0203. The first-order valence-electron chi connectivity index (χ1n) is 18.9. The molecule has 4 aliphatic rings. The number of nitrogens with one attached hydrogen (secondary N) is 1. The monoisotopic (exact) mass is 742 g/mol. The quantitative estimate of drug-likeness (QED) is 0.270. The van der Waals surface area contributed by atoms with Crippen LogP contribution in [0.2, 0.25) is 0 Å². The zero-order valence-electron chi connectivity index (χ0n) is 32.2. The molecule has 3 aromatic rings. The zero-order chi connectivity index (χ0) is 38.5. The van der Waals surface area contributed by atoms with Crippen LogP contribution in [0.3, 0.4) is 0 Å². The van der Waals surface area contributed by atoms with Crippen molar-refractivity contribution in [1.82, 2.24) is 20.0 Å². The summed E-state index contributed by atoms with van der Waals surface area (Å²) in [6.45, 7) is 13.7. The van der Waals surface area contributed by atoms with Gasteiger partial charge in [0.05, 0.1) is 37.3 Å². The standard InChI is InChI=1S/C25H30N2O5.C17H24N2O3/c1-25(2,3)32-24(29)27-16-21(31-19-12-8-5-9-13-19)22-20(27)14-15-26(22)23(28)30-17-18-10-6-4-7-11-18;1-17(2,3)22-16(20)19-11-14(15-13(19)9-10-18-15)21-12-7-5-4-6-8-12/h4-13,20-22H,14-17H2,1-3H3;4-8,13-15,18H,9-11H2,1-3H3/t20-,21+,22+;13-,14+,15+/m11/s1. The van der Waals surface area contributed by atoms with Gasteiger partial charge in [0, 0.05) is 6.54 Å². The fourth-order valence-electron chi connectivity index (χ4n) is 7.55. The number of ether oxygens (including phenoxy) is 5. The minimum Gasteiger partial charge on any atom is -0.487 e. The van der Waals surface area contributed by atoms with Crippen molar-refractivity contribution in [3.8, 4) is 11.5 Å². The average Bonchev–Trinajstić information content (AvgIpc) is 3.91. The fraction of sp³-hybridized carbons (Fsp3) is 0.500. The van der Waals surface area contributed by atoms with E-state index >= 15 is 0 Å². The minimum atomic E-state index is -0.599. The van der Waals surface area contributed by atoms with Crippen molar-refractivity contribution in [3.63, 3.8) is 0 Å². The number of hydrogen-bond acceptors (Lipinski definition) is 9. The highest BCUT2D eigenvalue weighted by Crippen LogP contribution is 2.36. The Morgan fingerprint density at radius 1 is 0.630 bits per heavy atom. The summed E-state index contributed by atoms with van der Waals surface area (Å²) >= 11 is 0. The number of carbonyl (C=O) groups is 3. The molecule has 0 bridgehead atoms. The van der Waals surface area contributed by atoms with E-state index < -0.39 is 17.3 Å². The van der Waals surface area contributed by atoms with Crippen LogP contribution in [0.25, 0.3) is 0 Å². The van der Waals surface area contributed by atoms with Crippen molar-refractivity contribution in [2.24, 2.45) is 0 Å². The van der Waals surface area contributed by atoms with E-state index in [0.717, 1.165) is 24.3 Å². The van der Waals surface area contributed by atoms with Crippen LogP contribution in [0.4, 0.5) is 14.4 Å². The lowest BCUT2D eigenvalue weighted by Gasteiger charge is -2.28. The maximum Gasteiger partial charge on any atom is 0.410 e. The third-order valence-electron chi connectivity index (χ3n) is 9.75. The molecule has 12 heteroatoms. The van der Waals surface area contributed by atoms with Gasteiger partial charge in [-0.3, -0.25) is 14.7 Å². The number of rotatable bonds is 6. The van der Waals surface area contributed by atoms with Crippen LogP contribution in [0.15, 0.2) is 91.0 Å². The molecule has 4 aliphatic heterocycles. The molecule has 0 radical (unpaired) electrons. The Morgan fingerprint density at radius 3 is 1.69 bits per heavy atom. The molecule has 4 saturated heterocycles. The summed E-state index contributed by atoms with van der Waals surface area (Å²) in [6, 6.07) is 28.6. The molecule has 0 spiro atoms. The Labute approximate surface area is 318 Å². The Morgan fingerprint density at radius 2 is 1.13 bits per heavy atom. The topological polar surface area (TPSA) is 119 Å². The van der Waals surface area contributed by atoms with Crippen LogP contribution < -0.4 is 14.8 Å². The number of carbonyl (C=O) groups excluding carboxylic acids is 3. The molecule has 12 nitrogen and oxygen atoms in total. The molecular weight excluding hydrogens is 688 g/mol. The minimum absolute atomic E-state index is 0.0394. The van der Waals surface area contributed by atoms with Crippen molar-refractivity contribution in [2.45, 2.75) is 109 Å². The first-order valence-corrected chi connectivity index (χ1v) is 18.9.